The van der Waals surface area contributed by atoms with Gasteiger partial charge in [0.15, 0.2) is 0 Å². The van der Waals surface area contributed by atoms with Crippen molar-refractivity contribution in [2.75, 3.05) is 44.2 Å². The lowest BCUT2D eigenvalue weighted by Gasteiger charge is -2.36. The van der Waals surface area contributed by atoms with Gasteiger partial charge in [0.1, 0.15) is 11.3 Å². The maximum atomic E-state index is 9.97. The minimum absolute atomic E-state index is 0.190. The van der Waals surface area contributed by atoms with Crippen molar-refractivity contribution in [1.29, 1.82) is 0 Å². The van der Waals surface area contributed by atoms with Gasteiger partial charge in [0.25, 0.3) is 0 Å². The third-order valence-corrected chi connectivity index (χ3v) is 6.27. The zero-order valence-corrected chi connectivity index (χ0v) is 18.3. The van der Waals surface area contributed by atoms with Gasteiger partial charge in [0.2, 0.25) is 5.88 Å². The number of unbranched alkanes of at least 4 members (excludes halogenated alkanes) is 1. The number of aromatic hydroxyl groups is 1. The highest BCUT2D eigenvalue weighted by Gasteiger charge is 2.18. The van der Waals surface area contributed by atoms with Gasteiger partial charge in [-0.25, -0.2) is 4.98 Å². The number of pyridine rings is 1. The Bertz CT molecular complexity index is 1200. The molecule has 5 rings (SSSR count). The van der Waals surface area contributed by atoms with Crippen LogP contribution in [0, 0.1) is 0 Å². The number of phenols is 1. The molecule has 1 aliphatic rings. The molecule has 0 saturated carbocycles. The predicted molar refractivity (Wildman–Crippen MR) is 131 cm³/mol. The monoisotopic (exact) mass is 427 g/mol. The number of fused-ring (bicyclic) bond motifs is 2. The average molecular weight is 428 g/mol. The Morgan fingerprint density at radius 3 is 2.47 bits per heavy atom. The number of benzene rings is 3. The molecule has 0 aliphatic carbocycles. The summed E-state index contributed by atoms with van der Waals surface area (Å²) in [5.74, 6) is 0.762. The summed E-state index contributed by atoms with van der Waals surface area (Å²) >= 11 is 0. The van der Waals surface area contributed by atoms with E-state index >= 15 is 0 Å². The van der Waals surface area contributed by atoms with Crippen molar-refractivity contribution in [3.63, 3.8) is 0 Å². The molecule has 2 heterocycles. The van der Waals surface area contributed by atoms with Crippen molar-refractivity contribution in [2.24, 2.45) is 0 Å². The minimum atomic E-state index is 0.190. The van der Waals surface area contributed by atoms with Crippen molar-refractivity contribution in [1.82, 2.24) is 9.88 Å². The molecular weight excluding hydrogens is 398 g/mol. The summed E-state index contributed by atoms with van der Waals surface area (Å²) < 4.78 is 5.83. The van der Waals surface area contributed by atoms with Crippen LogP contribution in [0.4, 0.5) is 5.69 Å². The molecule has 0 bridgehead atoms. The van der Waals surface area contributed by atoms with Gasteiger partial charge in [-0.3, -0.25) is 4.90 Å². The summed E-state index contributed by atoms with van der Waals surface area (Å²) in [6, 6.07) is 24.5. The van der Waals surface area contributed by atoms with Gasteiger partial charge in [-0.05, 0) is 43.0 Å². The molecule has 5 heteroatoms. The lowest BCUT2D eigenvalue weighted by atomic mass is 10.1. The molecule has 4 aromatic rings. The highest BCUT2D eigenvalue weighted by Crippen LogP contribution is 2.28. The van der Waals surface area contributed by atoms with Crippen LogP contribution >= 0.6 is 0 Å². The molecule has 1 saturated heterocycles. The number of phenolic OH excluding ortho intramolecular Hbond substituents is 1. The van der Waals surface area contributed by atoms with E-state index in [0.717, 1.165) is 51.0 Å². The number of aromatic nitrogens is 1. The van der Waals surface area contributed by atoms with Crippen LogP contribution < -0.4 is 9.64 Å². The Hall–Kier alpha value is -3.31. The normalized spacial score (nSPS) is 14.8. The van der Waals surface area contributed by atoms with E-state index in [-0.39, 0.29) is 5.75 Å². The van der Waals surface area contributed by atoms with E-state index in [1.807, 2.05) is 24.3 Å². The van der Waals surface area contributed by atoms with E-state index < -0.39 is 0 Å². The van der Waals surface area contributed by atoms with Crippen LogP contribution in [0.15, 0.2) is 72.8 Å². The first kappa shape index (κ1) is 20.6. The van der Waals surface area contributed by atoms with Gasteiger partial charge in [-0.2, -0.15) is 0 Å². The first-order chi connectivity index (χ1) is 15.8. The number of rotatable bonds is 7. The standard InChI is InChI=1S/C27H29N3O2/c31-25-12-6-9-22-13-14-26(28-27(22)25)32-20-4-3-15-29-16-18-30(19-17-29)24-11-5-8-21-7-1-2-10-23(21)24/h1-2,5-14,31H,3-4,15-20H2. The van der Waals surface area contributed by atoms with Gasteiger partial charge in [0, 0.05) is 48.7 Å². The zero-order valence-electron chi connectivity index (χ0n) is 18.3. The smallest absolute Gasteiger partial charge is 0.213 e. The fourth-order valence-electron chi connectivity index (χ4n) is 4.50. The van der Waals surface area contributed by atoms with E-state index in [4.69, 9.17) is 4.74 Å². The second-order valence-electron chi connectivity index (χ2n) is 8.38. The van der Waals surface area contributed by atoms with Crippen molar-refractivity contribution in [2.45, 2.75) is 12.8 Å². The third-order valence-electron chi connectivity index (χ3n) is 6.27. The molecule has 1 aromatic heterocycles. The van der Waals surface area contributed by atoms with E-state index in [1.165, 1.54) is 16.5 Å². The Labute approximate surface area is 188 Å². The van der Waals surface area contributed by atoms with Crippen molar-refractivity contribution in [3.8, 4) is 11.6 Å². The van der Waals surface area contributed by atoms with Crippen LogP contribution in [-0.4, -0.2) is 54.3 Å². The maximum absolute atomic E-state index is 9.97. The summed E-state index contributed by atoms with van der Waals surface area (Å²) in [7, 11) is 0. The van der Waals surface area contributed by atoms with Crippen LogP contribution in [-0.2, 0) is 0 Å². The van der Waals surface area contributed by atoms with E-state index in [2.05, 4.69) is 57.2 Å². The largest absolute Gasteiger partial charge is 0.506 e. The topological polar surface area (TPSA) is 48.8 Å². The molecule has 0 radical (unpaired) electrons. The second-order valence-corrected chi connectivity index (χ2v) is 8.38. The molecule has 0 unspecified atom stereocenters. The van der Waals surface area contributed by atoms with Crippen LogP contribution in [0.5, 0.6) is 11.6 Å². The highest BCUT2D eigenvalue weighted by atomic mass is 16.5. The predicted octanol–water partition coefficient (Wildman–Crippen LogP) is 5.07. The van der Waals surface area contributed by atoms with Gasteiger partial charge in [0.05, 0.1) is 6.61 Å². The van der Waals surface area contributed by atoms with E-state index in [0.29, 0.717) is 18.0 Å². The molecule has 1 fully saturated rings. The third kappa shape index (κ3) is 4.48. The number of hydrogen-bond donors (Lipinski definition) is 1. The molecule has 5 nitrogen and oxygen atoms in total. The van der Waals surface area contributed by atoms with Crippen LogP contribution in [0.25, 0.3) is 21.7 Å². The number of piperazine rings is 1. The van der Waals surface area contributed by atoms with Crippen molar-refractivity contribution < 1.29 is 9.84 Å². The van der Waals surface area contributed by atoms with Gasteiger partial charge in [-0.15, -0.1) is 0 Å². The first-order valence-corrected chi connectivity index (χ1v) is 11.4. The second kappa shape index (κ2) is 9.45. The molecule has 0 spiro atoms. The highest BCUT2D eigenvalue weighted by molar-refractivity contribution is 5.94. The van der Waals surface area contributed by atoms with Gasteiger partial charge < -0.3 is 14.7 Å². The minimum Gasteiger partial charge on any atom is -0.506 e. The van der Waals surface area contributed by atoms with Crippen LogP contribution in [0.3, 0.4) is 0 Å². The number of nitrogens with zero attached hydrogens (tertiary/aromatic N) is 3. The molecule has 3 aromatic carbocycles. The van der Waals surface area contributed by atoms with Crippen molar-refractivity contribution in [3.05, 3.63) is 72.8 Å². The average Bonchev–Trinajstić information content (AvgIpc) is 2.84. The zero-order chi connectivity index (χ0) is 21.8. The Kier molecular flexibility index (Phi) is 6.08. The Morgan fingerprint density at radius 1 is 0.781 bits per heavy atom. The maximum Gasteiger partial charge on any atom is 0.213 e. The summed E-state index contributed by atoms with van der Waals surface area (Å²) in [5, 5.41) is 13.5. The van der Waals surface area contributed by atoms with E-state index in [9.17, 15) is 5.11 Å². The molecule has 0 atom stereocenters. The fraction of sp³-hybridized carbons (Fsp3) is 0.296. The summed E-state index contributed by atoms with van der Waals surface area (Å²) in [6.45, 7) is 6.05. The van der Waals surface area contributed by atoms with Crippen LogP contribution in [0.1, 0.15) is 12.8 Å². The molecular formula is C27H29N3O2. The molecule has 1 aliphatic heterocycles. The number of anilines is 1. The summed E-state index contributed by atoms with van der Waals surface area (Å²) in [4.78, 5) is 9.50. The molecule has 164 valence electrons. The van der Waals surface area contributed by atoms with Gasteiger partial charge in [-0.1, -0.05) is 48.5 Å². The SMILES string of the molecule is Oc1cccc2ccc(OCCCCN3CCN(c4cccc5ccccc45)CC3)nc12. The number of ether oxygens (including phenoxy) is 1. The Morgan fingerprint density at radius 2 is 1.56 bits per heavy atom. The summed E-state index contributed by atoms with van der Waals surface area (Å²) in [6.07, 6.45) is 2.09. The number of hydrogen-bond acceptors (Lipinski definition) is 5. The summed E-state index contributed by atoms with van der Waals surface area (Å²) in [5.41, 5.74) is 1.94. The molecule has 1 N–H and O–H groups in total. The number of para-hydroxylation sites is 1. The first-order valence-electron chi connectivity index (χ1n) is 11.4. The lowest BCUT2D eigenvalue weighted by Crippen LogP contribution is -2.46. The quantitative estimate of drug-likeness (QED) is 0.417. The van der Waals surface area contributed by atoms with Gasteiger partial charge >= 0.3 is 0 Å². The van der Waals surface area contributed by atoms with E-state index in [1.54, 1.807) is 6.07 Å². The van der Waals surface area contributed by atoms with Crippen LogP contribution in [0.2, 0.25) is 0 Å². The Balaban J connectivity index is 1.06. The molecule has 0 amide bonds. The molecule has 32 heavy (non-hydrogen) atoms. The fourth-order valence-corrected chi connectivity index (χ4v) is 4.50. The lowest BCUT2D eigenvalue weighted by molar-refractivity contribution is 0.237. The van der Waals surface area contributed by atoms with Crippen molar-refractivity contribution >= 4 is 27.4 Å².